The van der Waals surface area contributed by atoms with Crippen LogP contribution >= 0.6 is 11.3 Å². The molecule has 25 heavy (non-hydrogen) atoms. The molecule has 0 aliphatic rings. The van der Waals surface area contributed by atoms with Crippen LogP contribution in [0.3, 0.4) is 0 Å². The number of amides is 2. The molecule has 1 heterocycles. The second kappa shape index (κ2) is 9.84. The summed E-state index contributed by atoms with van der Waals surface area (Å²) in [7, 11) is 0. The smallest absolute Gasteiger partial charge is 0.239 e. The Morgan fingerprint density at radius 3 is 2.60 bits per heavy atom. The van der Waals surface area contributed by atoms with Crippen molar-refractivity contribution >= 4 is 34.5 Å². The van der Waals surface area contributed by atoms with Crippen LogP contribution < -0.4 is 16.0 Å². The zero-order valence-corrected chi connectivity index (χ0v) is 15.5. The number of benzene rings is 1. The molecule has 0 saturated carbocycles. The van der Waals surface area contributed by atoms with Crippen molar-refractivity contribution in [3.8, 4) is 0 Å². The van der Waals surface area contributed by atoms with Gasteiger partial charge in [0.15, 0.2) is 0 Å². The lowest BCUT2D eigenvalue weighted by Gasteiger charge is -2.14. The average molecular weight is 359 g/mol. The number of rotatable bonds is 9. The maximum atomic E-state index is 12.0. The van der Waals surface area contributed by atoms with Gasteiger partial charge in [-0.25, -0.2) is 0 Å². The minimum atomic E-state index is -0.0450. The Labute approximate surface area is 152 Å². The van der Waals surface area contributed by atoms with Crippen LogP contribution in [0.2, 0.25) is 0 Å². The lowest BCUT2D eigenvalue weighted by Crippen LogP contribution is -2.31. The highest BCUT2D eigenvalue weighted by molar-refractivity contribution is 7.09. The summed E-state index contributed by atoms with van der Waals surface area (Å²) in [5.74, 6) is -0.0366. The van der Waals surface area contributed by atoms with Gasteiger partial charge >= 0.3 is 0 Å². The molecule has 0 saturated heterocycles. The largest absolute Gasteiger partial charge is 0.376 e. The van der Waals surface area contributed by atoms with E-state index in [1.807, 2.05) is 43.5 Å². The minimum Gasteiger partial charge on any atom is -0.376 e. The molecule has 0 aliphatic carbocycles. The Balaban J connectivity index is 1.81. The molecule has 6 heteroatoms. The zero-order chi connectivity index (χ0) is 18.1. The van der Waals surface area contributed by atoms with Crippen molar-refractivity contribution in [2.75, 3.05) is 23.7 Å². The van der Waals surface area contributed by atoms with Crippen molar-refractivity contribution in [2.24, 2.45) is 0 Å². The van der Waals surface area contributed by atoms with E-state index in [9.17, 15) is 9.59 Å². The summed E-state index contributed by atoms with van der Waals surface area (Å²) in [5.41, 5.74) is 2.56. The first-order valence-corrected chi connectivity index (χ1v) is 9.40. The van der Waals surface area contributed by atoms with Gasteiger partial charge in [0.25, 0.3) is 0 Å². The summed E-state index contributed by atoms with van der Waals surface area (Å²) in [5, 5.41) is 11.0. The summed E-state index contributed by atoms with van der Waals surface area (Å²) in [6, 6.07) is 9.72. The van der Waals surface area contributed by atoms with Gasteiger partial charge in [-0.15, -0.1) is 11.3 Å². The first-order chi connectivity index (χ1) is 12.1. The van der Waals surface area contributed by atoms with Crippen molar-refractivity contribution < 1.29 is 9.59 Å². The van der Waals surface area contributed by atoms with E-state index in [0.717, 1.165) is 29.8 Å². The molecule has 2 aromatic rings. The Bertz CT molecular complexity index is 699. The third-order valence-corrected chi connectivity index (χ3v) is 4.73. The van der Waals surface area contributed by atoms with Gasteiger partial charge in [0.05, 0.1) is 6.54 Å². The molecule has 0 spiro atoms. The van der Waals surface area contributed by atoms with Crippen LogP contribution in [0.1, 0.15) is 30.2 Å². The number of hydrogen-bond donors (Lipinski definition) is 3. The van der Waals surface area contributed by atoms with E-state index in [4.69, 9.17) is 0 Å². The van der Waals surface area contributed by atoms with Crippen molar-refractivity contribution in [2.45, 2.75) is 33.1 Å². The standard InChI is InChI=1S/C19H25N3O2S/c1-3-6-18(23)22-17-9-4-8-16(14(17)2)21-13-19(24)20-11-10-15-7-5-12-25-15/h4-5,7-9,12,21H,3,6,10-11,13H2,1-2H3,(H,20,24)(H,22,23). The van der Waals surface area contributed by atoms with Crippen LogP contribution in [0.4, 0.5) is 11.4 Å². The van der Waals surface area contributed by atoms with Gasteiger partial charge in [-0.05, 0) is 48.9 Å². The average Bonchev–Trinajstić information content (AvgIpc) is 3.09. The second-order valence-electron chi connectivity index (χ2n) is 5.81. The van der Waals surface area contributed by atoms with Crippen molar-refractivity contribution in [1.82, 2.24) is 5.32 Å². The number of thiophene rings is 1. The van der Waals surface area contributed by atoms with Gasteiger partial charge in [0, 0.05) is 29.2 Å². The number of carbonyl (C=O) groups is 2. The minimum absolute atomic E-state index is 0.00840. The van der Waals surface area contributed by atoms with E-state index in [2.05, 4.69) is 22.0 Å². The molecule has 1 aromatic carbocycles. The summed E-state index contributed by atoms with van der Waals surface area (Å²) in [6.45, 7) is 4.74. The Morgan fingerprint density at radius 2 is 1.88 bits per heavy atom. The fraction of sp³-hybridized carbons (Fsp3) is 0.368. The van der Waals surface area contributed by atoms with Crippen LogP contribution in [-0.2, 0) is 16.0 Å². The van der Waals surface area contributed by atoms with Crippen LogP contribution in [-0.4, -0.2) is 24.9 Å². The lowest BCUT2D eigenvalue weighted by molar-refractivity contribution is -0.119. The SMILES string of the molecule is CCCC(=O)Nc1cccc(NCC(=O)NCCc2cccs2)c1C. The molecule has 0 bridgehead atoms. The molecular weight excluding hydrogens is 334 g/mol. The van der Waals surface area contributed by atoms with Crippen molar-refractivity contribution in [3.63, 3.8) is 0 Å². The third-order valence-electron chi connectivity index (χ3n) is 3.80. The zero-order valence-electron chi connectivity index (χ0n) is 14.7. The summed E-state index contributed by atoms with van der Waals surface area (Å²) < 4.78 is 0. The van der Waals surface area contributed by atoms with Crippen molar-refractivity contribution in [1.29, 1.82) is 0 Å². The highest BCUT2D eigenvalue weighted by atomic mass is 32.1. The molecule has 5 nitrogen and oxygen atoms in total. The van der Waals surface area contributed by atoms with Crippen LogP contribution in [0.25, 0.3) is 0 Å². The molecule has 0 atom stereocenters. The molecule has 1 aromatic heterocycles. The fourth-order valence-corrected chi connectivity index (χ4v) is 3.13. The van der Waals surface area contributed by atoms with Gasteiger partial charge in [0.2, 0.25) is 11.8 Å². The summed E-state index contributed by atoms with van der Waals surface area (Å²) >= 11 is 1.70. The van der Waals surface area contributed by atoms with Crippen LogP contribution in [0.5, 0.6) is 0 Å². The highest BCUT2D eigenvalue weighted by Crippen LogP contribution is 2.23. The summed E-state index contributed by atoms with van der Waals surface area (Å²) in [6.07, 6.45) is 2.17. The van der Waals surface area contributed by atoms with Crippen LogP contribution in [0, 0.1) is 6.92 Å². The van der Waals surface area contributed by atoms with Gasteiger partial charge in [0.1, 0.15) is 0 Å². The third kappa shape index (κ3) is 6.23. The molecule has 2 rings (SSSR count). The molecule has 2 amide bonds. The van der Waals surface area contributed by atoms with E-state index in [1.54, 1.807) is 11.3 Å². The lowest BCUT2D eigenvalue weighted by atomic mass is 10.1. The fourth-order valence-electron chi connectivity index (χ4n) is 2.42. The second-order valence-corrected chi connectivity index (χ2v) is 6.84. The van der Waals surface area contributed by atoms with Crippen LogP contribution in [0.15, 0.2) is 35.7 Å². The molecule has 0 unspecified atom stereocenters. The maximum Gasteiger partial charge on any atom is 0.239 e. The topological polar surface area (TPSA) is 70.2 Å². The van der Waals surface area contributed by atoms with E-state index in [1.165, 1.54) is 4.88 Å². The van der Waals surface area contributed by atoms with Gasteiger partial charge < -0.3 is 16.0 Å². The van der Waals surface area contributed by atoms with E-state index in [-0.39, 0.29) is 18.4 Å². The van der Waals surface area contributed by atoms with Gasteiger partial charge in [-0.1, -0.05) is 19.1 Å². The highest BCUT2D eigenvalue weighted by Gasteiger charge is 2.08. The molecular formula is C19H25N3O2S. The van der Waals surface area contributed by atoms with Gasteiger partial charge in [-0.2, -0.15) is 0 Å². The molecule has 0 radical (unpaired) electrons. The molecule has 3 N–H and O–H groups in total. The number of nitrogens with one attached hydrogen (secondary N) is 3. The van der Waals surface area contributed by atoms with Crippen molar-refractivity contribution in [3.05, 3.63) is 46.2 Å². The predicted octanol–water partition coefficient (Wildman–Crippen LogP) is 3.57. The summed E-state index contributed by atoms with van der Waals surface area (Å²) in [4.78, 5) is 25.0. The molecule has 0 fully saturated rings. The predicted molar refractivity (Wildman–Crippen MR) is 104 cm³/mol. The first-order valence-electron chi connectivity index (χ1n) is 8.52. The quantitative estimate of drug-likeness (QED) is 0.641. The Kier molecular flexibility index (Phi) is 7.47. The number of hydrogen-bond acceptors (Lipinski definition) is 4. The van der Waals surface area contributed by atoms with E-state index in [0.29, 0.717) is 13.0 Å². The Morgan fingerprint density at radius 1 is 1.08 bits per heavy atom. The molecule has 134 valence electrons. The Hall–Kier alpha value is -2.34. The van der Waals surface area contributed by atoms with Gasteiger partial charge in [-0.3, -0.25) is 9.59 Å². The maximum absolute atomic E-state index is 12.0. The van der Waals surface area contributed by atoms with E-state index < -0.39 is 0 Å². The number of anilines is 2. The van der Waals surface area contributed by atoms with E-state index >= 15 is 0 Å². The normalized spacial score (nSPS) is 10.3. The number of carbonyl (C=O) groups excluding carboxylic acids is 2. The first kappa shape index (κ1) is 19.0. The molecule has 0 aliphatic heterocycles. The monoisotopic (exact) mass is 359 g/mol.